The number of benzene rings is 1. The van der Waals surface area contributed by atoms with Crippen molar-refractivity contribution in [2.45, 2.75) is 25.7 Å². The molecule has 7 nitrogen and oxygen atoms in total. The largest absolute Gasteiger partial charge is 0.478 e. The predicted octanol–water partition coefficient (Wildman–Crippen LogP) is 2.86. The molecule has 0 bridgehead atoms. The van der Waals surface area contributed by atoms with E-state index in [2.05, 4.69) is 20.8 Å². The molecule has 0 unspecified atom stereocenters. The molecule has 9 heteroatoms. The smallest absolute Gasteiger partial charge is 0.335 e. The number of carboxylic acid groups (broad SMARTS) is 2. The molecule has 0 aliphatic carbocycles. The van der Waals surface area contributed by atoms with Gasteiger partial charge in [0.1, 0.15) is 0 Å². The first-order valence-electron chi connectivity index (χ1n) is 6.88. The SMILES string of the molecule is CCP(CC)CC.O=C(O)c1cc(C(=O)O)cc(S(=O)(=O)O)c1. The van der Waals surface area contributed by atoms with Crippen LogP contribution in [0.15, 0.2) is 23.1 Å². The quantitative estimate of drug-likeness (QED) is 0.523. The molecule has 130 valence electrons. The molecule has 0 heterocycles. The molecule has 1 aromatic carbocycles. The molecule has 1 rings (SSSR count). The molecule has 0 spiro atoms. The third-order valence-electron chi connectivity index (χ3n) is 3.04. The molecule has 3 N–H and O–H groups in total. The standard InChI is InChI=1S/C8H6O7S.C6H15P/c9-7(10)4-1-5(8(11)12)3-6(2-4)16(13,14)15;1-4-7(5-2)6-3/h1-3H,(H,9,10)(H,11,12)(H,13,14,15);4-6H2,1-3H3. The van der Waals surface area contributed by atoms with Gasteiger partial charge in [0.2, 0.25) is 0 Å². The molecule has 0 aliphatic heterocycles. The van der Waals surface area contributed by atoms with Gasteiger partial charge in [0.15, 0.2) is 0 Å². The van der Waals surface area contributed by atoms with Gasteiger partial charge in [0, 0.05) is 0 Å². The van der Waals surface area contributed by atoms with Gasteiger partial charge < -0.3 is 10.2 Å². The van der Waals surface area contributed by atoms with E-state index in [0.29, 0.717) is 20.1 Å². The first kappa shape index (κ1) is 21.5. The van der Waals surface area contributed by atoms with Gasteiger partial charge in [0.05, 0.1) is 16.0 Å². The fourth-order valence-electron chi connectivity index (χ4n) is 1.67. The van der Waals surface area contributed by atoms with Gasteiger partial charge in [-0.2, -0.15) is 8.42 Å². The van der Waals surface area contributed by atoms with Crippen LogP contribution in [0, 0.1) is 0 Å². The zero-order valence-electron chi connectivity index (χ0n) is 13.2. The van der Waals surface area contributed by atoms with Crippen LogP contribution in [-0.2, 0) is 10.1 Å². The highest BCUT2D eigenvalue weighted by Crippen LogP contribution is 2.32. The molecule has 0 fully saturated rings. The lowest BCUT2D eigenvalue weighted by atomic mass is 10.1. The van der Waals surface area contributed by atoms with Gasteiger partial charge in [-0.1, -0.05) is 20.8 Å². The van der Waals surface area contributed by atoms with Crippen LogP contribution in [0.4, 0.5) is 0 Å². The van der Waals surface area contributed by atoms with Crippen LogP contribution in [0.3, 0.4) is 0 Å². The van der Waals surface area contributed by atoms with Crippen molar-refractivity contribution in [3.8, 4) is 0 Å². The Kier molecular flexibility index (Phi) is 8.97. The molecule has 0 amide bonds. The van der Waals surface area contributed by atoms with E-state index in [1.54, 1.807) is 0 Å². The van der Waals surface area contributed by atoms with E-state index in [4.69, 9.17) is 14.8 Å². The van der Waals surface area contributed by atoms with Crippen LogP contribution >= 0.6 is 7.92 Å². The lowest BCUT2D eigenvalue weighted by Crippen LogP contribution is -2.07. The number of carboxylic acids is 2. The molecule has 0 aromatic heterocycles. The number of hydrogen-bond donors (Lipinski definition) is 3. The highest BCUT2D eigenvalue weighted by Gasteiger charge is 2.17. The average molecular weight is 364 g/mol. The Morgan fingerprint density at radius 1 is 0.913 bits per heavy atom. The molecular formula is C14H21O7PS. The average Bonchev–Trinajstić information content (AvgIpc) is 2.48. The highest BCUT2D eigenvalue weighted by molar-refractivity contribution is 7.85. The zero-order chi connectivity index (χ0) is 18.2. The summed E-state index contributed by atoms with van der Waals surface area (Å²) in [5, 5.41) is 17.2. The van der Waals surface area contributed by atoms with Crippen LogP contribution in [0.25, 0.3) is 0 Å². The Labute approximate surface area is 136 Å². The van der Waals surface area contributed by atoms with Gasteiger partial charge in [0.25, 0.3) is 10.1 Å². The van der Waals surface area contributed by atoms with Crippen molar-refractivity contribution in [2.75, 3.05) is 18.5 Å². The second kappa shape index (κ2) is 9.60. The minimum atomic E-state index is -4.64. The Hall–Kier alpha value is -1.50. The van der Waals surface area contributed by atoms with Gasteiger partial charge in [-0.05, 0) is 36.7 Å². The van der Waals surface area contributed by atoms with Crippen LogP contribution in [0.2, 0.25) is 0 Å². The van der Waals surface area contributed by atoms with Crippen LogP contribution in [0.1, 0.15) is 41.5 Å². The van der Waals surface area contributed by atoms with Crippen LogP contribution < -0.4 is 0 Å². The van der Waals surface area contributed by atoms with E-state index >= 15 is 0 Å². The second-order valence-corrected chi connectivity index (χ2v) is 9.11. The van der Waals surface area contributed by atoms with Crippen molar-refractivity contribution in [3.63, 3.8) is 0 Å². The maximum absolute atomic E-state index is 10.8. The number of carbonyl (C=O) groups is 2. The Morgan fingerprint density at radius 3 is 1.43 bits per heavy atom. The highest BCUT2D eigenvalue weighted by atomic mass is 32.2. The Bertz CT molecular complexity index is 613. The summed E-state index contributed by atoms with van der Waals surface area (Å²) in [5.41, 5.74) is -1.07. The lowest BCUT2D eigenvalue weighted by Gasteiger charge is -2.07. The number of hydrogen-bond acceptors (Lipinski definition) is 4. The molecule has 1 aromatic rings. The summed E-state index contributed by atoms with van der Waals surface area (Å²) in [5.74, 6) is -2.99. The Balaban J connectivity index is 0.000000585. The first-order valence-corrected chi connectivity index (χ1v) is 10.2. The minimum absolute atomic E-state index is 0.446. The van der Waals surface area contributed by atoms with Crippen molar-refractivity contribution in [1.29, 1.82) is 0 Å². The summed E-state index contributed by atoms with van der Waals surface area (Å²) in [4.78, 5) is 20.4. The lowest BCUT2D eigenvalue weighted by molar-refractivity contribution is 0.0696. The number of aromatic carboxylic acids is 2. The van der Waals surface area contributed by atoms with E-state index < -0.39 is 38.1 Å². The normalized spacial score (nSPS) is 10.8. The maximum atomic E-state index is 10.8. The first-order chi connectivity index (χ1) is 10.6. The molecule has 0 atom stereocenters. The summed E-state index contributed by atoms with van der Waals surface area (Å²) < 4.78 is 30.2. The summed E-state index contributed by atoms with van der Waals surface area (Å²) in [7, 11) is -4.20. The summed E-state index contributed by atoms with van der Waals surface area (Å²) in [6, 6.07) is 2.13. The Morgan fingerprint density at radius 2 is 1.26 bits per heavy atom. The van der Waals surface area contributed by atoms with E-state index in [9.17, 15) is 18.0 Å². The van der Waals surface area contributed by atoms with Crippen molar-refractivity contribution in [3.05, 3.63) is 29.3 Å². The van der Waals surface area contributed by atoms with E-state index in [1.807, 2.05) is 0 Å². The monoisotopic (exact) mass is 364 g/mol. The van der Waals surface area contributed by atoms with Crippen LogP contribution in [0.5, 0.6) is 0 Å². The van der Waals surface area contributed by atoms with Crippen LogP contribution in [-0.4, -0.2) is 53.6 Å². The van der Waals surface area contributed by atoms with E-state index in [0.717, 1.165) is 6.07 Å². The number of rotatable bonds is 6. The molecule has 0 saturated heterocycles. The van der Waals surface area contributed by atoms with E-state index in [1.165, 1.54) is 18.5 Å². The van der Waals surface area contributed by atoms with Crippen molar-refractivity contribution in [2.24, 2.45) is 0 Å². The summed E-state index contributed by atoms with van der Waals surface area (Å²) >= 11 is 0. The molecule has 0 saturated carbocycles. The second-order valence-electron chi connectivity index (χ2n) is 4.45. The third-order valence-corrected chi connectivity index (χ3v) is 6.55. The predicted molar refractivity (Wildman–Crippen MR) is 88.7 cm³/mol. The van der Waals surface area contributed by atoms with Gasteiger partial charge in [-0.25, -0.2) is 9.59 Å². The van der Waals surface area contributed by atoms with Gasteiger partial charge in [-0.3, -0.25) is 4.55 Å². The van der Waals surface area contributed by atoms with E-state index in [-0.39, 0.29) is 0 Å². The minimum Gasteiger partial charge on any atom is -0.478 e. The molecule has 0 radical (unpaired) electrons. The van der Waals surface area contributed by atoms with Gasteiger partial charge in [-0.15, -0.1) is 7.92 Å². The summed E-state index contributed by atoms with van der Waals surface area (Å²) in [6.45, 7) is 6.87. The maximum Gasteiger partial charge on any atom is 0.335 e. The molecular weight excluding hydrogens is 343 g/mol. The van der Waals surface area contributed by atoms with Crippen molar-refractivity contribution < 1.29 is 32.8 Å². The third kappa shape index (κ3) is 7.54. The molecule has 23 heavy (non-hydrogen) atoms. The van der Waals surface area contributed by atoms with Gasteiger partial charge >= 0.3 is 11.9 Å². The fourth-order valence-corrected chi connectivity index (χ4v) is 3.56. The fraction of sp³-hybridized carbons (Fsp3) is 0.429. The zero-order valence-corrected chi connectivity index (χ0v) is 14.9. The topological polar surface area (TPSA) is 129 Å². The van der Waals surface area contributed by atoms with Crippen molar-refractivity contribution >= 4 is 30.0 Å². The van der Waals surface area contributed by atoms with Crippen molar-refractivity contribution in [1.82, 2.24) is 0 Å². The molecule has 0 aliphatic rings. The summed E-state index contributed by atoms with van der Waals surface area (Å²) in [6.07, 6.45) is 4.26.